The highest BCUT2D eigenvalue weighted by atomic mass is 16.5. The molecule has 31 heavy (non-hydrogen) atoms. The van der Waals surface area contributed by atoms with Crippen LogP contribution in [0.4, 0.5) is 0 Å². The number of ether oxygens (including phenoxy) is 1. The molecule has 2 aromatic rings. The number of hydrogen-bond donors (Lipinski definition) is 0. The molecule has 1 spiro atoms. The van der Waals surface area contributed by atoms with Gasteiger partial charge in [-0.1, -0.05) is 75.3 Å². The quantitative estimate of drug-likeness (QED) is 0.507. The topological polar surface area (TPSA) is 24.6 Å². The number of rotatable bonds is 3. The van der Waals surface area contributed by atoms with Crippen molar-refractivity contribution in [3.63, 3.8) is 0 Å². The van der Waals surface area contributed by atoms with Gasteiger partial charge in [-0.25, -0.2) is 0 Å². The number of nitrogens with zero attached hydrogens (tertiary/aromatic N) is 2. The summed E-state index contributed by atoms with van der Waals surface area (Å²) in [5, 5.41) is 0. The zero-order valence-corrected chi connectivity index (χ0v) is 18.9. The van der Waals surface area contributed by atoms with Crippen LogP contribution >= 0.6 is 0 Å². The summed E-state index contributed by atoms with van der Waals surface area (Å²) in [4.78, 5) is 8.30. The van der Waals surface area contributed by atoms with E-state index in [2.05, 4.69) is 59.5 Å². The van der Waals surface area contributed by atoms with E-state index in [9.17, 15) is 0 Å². The minimum absolute atomic E-state index is 0.0143. The Hall–Kier alpha value is -2.13. The summed E-state index contributed by atoms with van der Waals surface area (Å²) in [6.45, 7) is 0. The van der Waals surface area contributed by atoms with Gasteiger partial charge in [0.1, 0.15) is 11.4 Å². The Morgan fingerprint density at radius 2 is 1.32 bits per heavy atom. The Balaban J connectivity index is 1.48. The third-order valence-corrected chi connectivity index (χ3v) is 7.58. The molecular formula is C28H36N2O. The molecule has 2 aliphatic heterocycles. The minimum Gasteiger partial charge on any atom is -0.497 e. The lowest BCUT2D eigenvalue weighted by atomic mass is 9.92. The molecule has 0 bridgehead atoms. The van der Waals surface area contributed by atoms with Gasteiger partial charge in [-0.05, 0) is 61.1 Å². The van der Waals surface area contributed by atoms with Crippen LogP contribution in [0.3, 0.4) is 0 Å². The van der Waals surface area contributed by atoms with Crippen LogP contribution in [0.25, 0.3) is 0 Å². The Morgan fingerprint density at radius 1 is 0.742 bits per heavy atom. The maximum atomic E-state index is 5.54. The first-order valence-corrected chi connectivity index (χ1v) is 12.4. The summed E-state index contributed by atoms with van der Waals surface area (Å²) in [7, 11) is 1.73. The second-order valence-corrected chi connectivity index (χ2v) is 9.60. The van der Waals surface area contributed by atoms with Gasteiger partial charge in [-0.2, -0.15) is 0 Å². The van der Waals surface area contributed by atoms with Crippen LogP contribution in [0.15, 0.2) is 59.6 Å². The van der Waals surface area contributed by atoms with E-state index in [1.54, 1.807) is 7.11 Å². The normalized spacial score (nSPS) is 28.2. The maximum absolute atomic E-state index is 5.54. The summed E-state index contributed by atoms with van der Waals surface area (Å²) >= 11 is 0. The lowest BCUT2D eigenvalue weighted by Gasteiger charge is -2.31. The zero-order valence-electron chi connectivity index (χ0n) is 18.9. The molecule has 3 heteroatoms. The van der Waals surface area contributed by atoms with Crippen LogP contribution in [0, 0.1) is 0 Å². The summed E-state index contributed by atoms with van der Waals surface area (Å²) in [5.41, 5.74) is 3.99. The van der Waals surface area contributed by atoms with Gasteiger partial charge in [0.05, 0.1) is 24.9 Å². The molecule has 3 atom stereocenters. The molecule has 0 aromatic heterocycles. The summed E-state index contributed by atoms with van der Waals surface area (Å²) < 4.78 is 5.40. The van der Waals surface area contributed by atoms with Gasteiger partial charge in [0.15, 0.2) is 0 Å². The van der Waals surface area contributed by atoms with E-state index in [4.69, 9.17) is 9.73 Å². The van der Waals surface area contributed by atoms with Crippen molar-refractivity contribution < 1.29 is 4.74 Å². The van der Waals surface area contributed by atoms with Crippen molar-refractivity contribution in [2.24, 2.45) is 4.99 Å². The molecule has 0 N–H and O–H groups in total. The van der Waals surface area contributed by atoms with Crippen molar-refractivity contribution in [1.29, 1.82) is 0 Å². The van der Waals surface area contributed by atoms with E-state index in [-0.39, 0.29) is 5.66 Å². The number of methoxy groups -OCH3 is 1. The maximum Gasteiger partial charge on any atom is 0.118 e. The molecule has 0 amide bonds. The van der Waals surface area contributed by atoms with Crippen LogP contribution in [0.2, 0.25) is 0 Å². The fraction of sp³-hybridized carbons (Fsp3) is 0.536. The van der Waals surface area contributed by atoms with Crippen molar-refractivity contribution in [3.8, 4) is 5.75 Å². The van der Waals surface area contributed by atoms with Crippen LogP contribution in [-0.4, -0.2) is 29.4 Å². The summed E-state index contributed by atoms with van der Waals surface area (Å²) in [5.74, 6) is 0.912. The minimum atomic E-state index is -0.0143. The lowest BCUT2D eigenvalue weighted by molar-refractivity contribution is 0.182. The number of aliphatic imine (C=N–C) groups is 1. The molecule has 2 heterocycles. The standard InChI is InChI=1S/C28H36N2O/c1-31-24-18-16-22(17-19-24)25-27-26(23-14-10-9-11-15-23)30(27)28(29-25)20-12-7-5-3-2-4-6-8-13-21-28/h9-11,14-19,26-27H,2-8,12-13,20-21H2,1H3/t26-,27+,30?/m0/s1. The third kappa shape index (κ3) is 4.17. The van der Waals surface area contributed by atoms with E-state index in [1.165, 1.54) is 87.5 Å². The first-order chi connectivity index (χ1) is 15.3. The number of hydrogen-bond acceptors (Lipinski definition) is 3. The van der Waals surface area contributed by atoms with Gasteiger partial charge in [-0.15, -0.1) is 0 Å². The van der Waals surface area contributed by atoms with Gasteiger partial charge >= 0.3 is 0 Å². The van der Waals surface area contributed by atoms with E-state index in [0.29, 0.717) is 12.1 Å². The fourth-order valence-electron chi connectivity index (χ4n) is 5.92. The Morgan fingerprint density at radius 3 is 1.90 bits per heavy atom. The first-order valence-electron chi connectivity index (χ1n) is 12.4. The second-order valence-electron chi connectivity index (χ2n) is 9.60. The van der Waals surface area contributed by atoms with Gasteiger partial charge in [0, 0.05) is 0 Å². The Kier molecular flexibility index (Phi) is 6.13. The van der Waals surface area contributed by atoms with Gasteiger partial charge in [0.2, 0.25) is 0 Å². The Labute approximate surface area is 187 Å². The highest BCUT2D eigenvalue weighted by Crippen LogP contribution is 2.58. The van der Waals surface area contributed by atoms with E-state index >= 15 is 0 Å². The van der Waals surface area contributed by atoms with E-state index < -0.39 is 0 Å². The molecule has 2 aromatic carbocycles. The molecule has 1 saturated heterocycles. The molecule has 3 aliphatic rings. The largest absolute Gasteiger partial charge is 0.497 e. The monoisotopic (exact) mass is 416 g/mol. The summed E-state index contributed by atoms with van der Waals surface area (Å²) in [6, 6.07) is 20.5. The summed E-state index contributed by atoms with van der Waals surface area (Å²) in [6.07, 6.45) is 14.7. The molecule has 1 unspecified atom stereocenters. The number of fused-ring (bicyclic) bond motifs is 2. The molecule has 1 aliphatic carbocycles. The molecule has 2 fully saturated rings. The van der Waals surface area contributed by atoms with Crippen LogP contribution in [0.1, 0.15) is 87.8 Å². The Bertz CT molecular complexity index is 877. The number of benzene rings is 2. The SMILES string of the molecule is COc1ccc(C2=NC3(CCCCCCCCCCC3)N3[C@H]2[C@@H]3c2ccccc2)cc1. The van der Waals surface area contributed by atoms with E-state index in [0.717, 1.165) is 5.75 Å². The first kappa shape index (κ1) is 20.8. The van der Waals surface area contributed by atoms with Crippen molar-refractivity contribution in [3.05, 3.63) is 65.7 Å². The van der Waals surface area contributed by atoms with E-state index in [1.807, 2.05) is 0 Å². The van der Waals surface area contributed by atoms with Gasteiger partial charge < -0.3 is 4.74 Å². The lowest BCUT2D eigenvalue weighted by Crippen LogP contribution is -2.34. The molecule has 3 nitrogen and oxygen atoms in total. The molecular weight excluding hydrogens is 380 g/mol. The van der Waals surface area contributed by atoms with Crippen LogP contribution in [0.5, 0.6) is 5.75 Å². The molecule has 0 radical (unpaired) electrons. The van der Waals surface area contributed by atoms with Crippen molar-refractivity contribution >= 4 is 5.71 Å². The third-order valence-electron chi connectivity index (χ3n) is 7.58. The zero-order chi connectivity index (χ0) is 21.1. The second kappa shape index (κ2) is 9.16. The van der Waals surface area contributed by atoms with Crippen LogP contribution in [-0.2, 0) is 0 Å². The highest BCUT2D eigenvalue weighted by Gasteiger charge is 2.64. The highest BCUT2D eigenvalue weighted by molar-refractivity contribution is 6.08. The van der Waals surface area contributed by atoms with Crippen LogP contribution < -0.4 is 4.74 Å². The van der Waals surface area contributed by atoms with Crippen molar-refractivity contribution in [1.82, 2.24) is 4.90 Å². The predicted molar refractivity (Wildman–Crippen MR) is 128 cm³/mol. The predicted octanol–water partition coefficient (Wildman–Crippen LogP) is 6.92. The average molecular weight is 417 g/mol. The van der Waals surface area contributed by atoms with Crippen molar-refractivity contribution in [2.45, 2.75) is 88.4 Å². The molecule has 164 valence electrons. The van der Waals surface area contributed by atoms with Gasteiger partial charge in [-0.3, -0.25) is 9.89 Å². The van der Waals surface area contributed by atoms with Crippen molar-refractivity contribution in [2.75, 3.05) is 7.11 Å². The van der Waals surface area contributed by atoms with Gasteiger partial charge in [0.25, 0.3) is 0 Å². The smallest absolute Gasteiger partial charge is 0.118 e. The fourth-order valence-corrected chi connectivity index (χ4v) is 5.92. The average Bonchev–Trinajstić information content (AvgIpc) is 3.48. The molecule has 5 rings (SSSR count). The molecule has 1 saturated carbocycles.